The lowest BCUT2D eigenvalue weighted by Gasteiger charge is -2.05. The van der Waals surface area contributed by atoms with Crippen LogP contribution >= 0.6 is 0 Å². The van der Waals surface area contributed by atoms with Crippen LogP contribution in [0.2, 0.25) is 0 Å². The first-order valence-electron chi connectivity index (χ1n) is 10.2. The van der Waals surface area contributed by atoms with Crippen LogP contribution in [-0.4, -0.2) is 21.8 Å². The Morgan fingerprint density at radius 2 is 1.79 bits per heavy atom. The summed E-state index contributed by atoms with van der Waals surface area (Å²) in [6.07, 6.45) is 6.17. The molecular formula is C24H28N4O. The van der Waals surface area contributed by atoms with Crippen LogP contribution in [0.25, 0.3) is 11.3 Å². The van der Waals surface area contributed by atoms with Crippen LogP contribution in [0.15, 0.2) is 65.8 Å². The number of aromatic nitrogens is 2. The first kappa shape index (κ1) is 20.5. The maximum absolute atomic E-state index is 12.4. The number of nitrogens with zero attached hydrogens (tertiary/aromatic N) is 2. The Balaban J connectivity index is 1.56. The van der Waals surface area contributed by atoms with Crippen LogP contribution in [0.1, 0.15) is 61.1 Å². The molecule has 1 amide bonds. The average Bonchev–Trinajstić information content (AvgIpc) is 3.26. The van der Waals surface area contributed by atoms with Crippen LogP contribution in [0.3, 0.4) is 0 Å². The van der Waals surface area contributed by atoms with Crippen molar-refractivity contribution in [2.45, 2.75) is 46.0 Å². The third-order valence-corrected chi connectivity index (χ3v) is 4.91. The Labute approximate surface area is 172 Å². The van der Waals surface area contributed by atoms with E-state index >= 15 is 0 Å². The Kier molecular flexibility index (Phi) is 7.34. The highest BCUT2D eigenvalue weighted by molar-refractivity contribution is 6.00. The fourth-order valence-electron chi connectivity index (χ4n) is 3.12. The molecule has 0 saturated heterocycles. The fraction of sp³-hybridized carbons (Fsp3) is 0.292. The standard InChI is InChI=1S/C24H28N4O/c1-3-4-5-7-10-19-13-15-20(16-14-19)18(2)25-28-24(29)23-17-22(26-27-23)21-11-8-6-9-12-21/h6,8-9,11-17H,3-5,7,10H2,1-2H3,(H,26,27)(H,28,29)/b25-18-. The SMILES string of the molecule is CCCCCCc1ccc(/C(C)=N\NC(=O)c2cc(-c3ccccc3)n[nH]2)cc1. The summed E-state index contributed by atoms with van der Waals surface area (Å²) in [6.45, 7) is 4.11. The molecule has 0 fully saturated rings. The van der Waals surface area contributed by atoms with Gasteiger partial charge in [-0.2, -0.15) is 10.2 Å². The van der Waals surface area contributed by atoms with Gasteiger partial charge in [0.15, 0.2) is 0 Å². The number of carbonyl (C=O) groups excluding carboxylic acids is 1. The zero-order chi connectivity index (χ0) is 20.5. The third-order valence-electron chi connectivity index (χ3n) is 4.91. The Bertz CT molecular complexity index is 943. The molecule has 0 radical (unpaired) electrons. The molecule has 29 heavy (non-hydrogen) atoms. The van der Waals surface area contributed by atoms with Crippen molar-refractivity contribution in [1.82, 2.24) is 15.6 Å². The lowest BCUT2D eigenvalue weighted by molar-refractivity contribution is 0.0950. The Hall–Kier alpha value is -3.21. The number of aromatic amines is 1. The van der Waals surface area contributed by atoms with Gasteiger partial charge in [-0.05, 0) is 37.0 Å². The van der Waals surface area contributed by atoms with E-state index in [9.17, 15) is 4.79 Å². The molecule has 3 aromatic rings. The van der Waals surface area contributed by atoms with Crippen LogP contribution in [-0.2, 0) is 6.42 Å². The number of hydrogen-bond acceptors (Lipinski definition) is 3. The predicted molar refractivity (Wildman–Crippen MR) is 118 cm³/mol. The number of unbranched alkanes of at least 4 members (excludes halogenated alkanes) is 3. The highest BCUT2D eigenvalue weighted by atomic mass is 16.2. The molecule has 0 atom stereocenters. The van der Waals surface area contributed by atoms with Gasteiger partial charge in [0.2, 0.25) is 0 Å². The van der Waals surface area contributed by atoms with Gasteiger partial charge in [0.05, 0.1) is 11.4 Å². The molecule has 0 saturated carbocycles. The van der Waals surface area contributed by atoms with Crippen LogP contribution in [0.4, 0.5) is 0 Å². The number of carbonyl (C=O) groups is 1. The highest BCUT2D eigenvalue weighted by Crippen LogP contribution is 2.17. The molecule has 0 spiro atoms. The van der Waals surface area contributed by atoms with Crippen LogP contribution < -0.4 is 5.43 Å². The number of nitrogens with one attached hydrogen (secondary N) is 2. The molecule has 0 unspecified atom stereocenters. The number of hydrogen-bond donors (Lipinski definition) is 2. The van der Waals surface area contributed by atoms with E-state index in [1.165, 1.54) is 31.2 Å². The molecule has 5 nitrogen and oxygen atoms in total. The summed E-state index contributed by atoms with van der Waals surface area (Å²) in [5.74, 6) is -0.313. The quantitative estimate of drug-likeness (QED) is 0.294. The minimum atomic E-state index is -0.313. The number of rotatable bonds is 9. The van der Waals surface area contributed by atoms with E-state index in [2.05, 4.69) is 51.9 Å². The Morgan fingerprint density at radius 3 is 2.52 bits per heavy atom. The lowest BCUT2D eigenvalue weighted by Crippen LogP contribution is -2.19. The van der Waals surface area contributed by atoms with Gasteiger partial charge in [0.1, 0.15) is 5.69 Å². The Morgan fingerprint density at radius 1 is 1.03 bits per heavy atom. The normalized spacial score (nSPS) is 11.4. The molecule has 2 aromatic carbocycles. The number of hydrazone groups is 1. The molecule has 0 aliphatic rings. The molecule has 3 rings (SSSR count). The first-order chi connectivity index (χ1) is 14.2. The minimum absolute atomic E-state index is 0.313. The highest BCUT2D eigenvalue weighted by Gasteiger charge is 2.10. The van der Waals surface area contributed by atoms with Crippen molar-refractivity contribution >= 4 is 11.6 Å². The fourth-order valence-corrected chi connectivity index (χ4v) is 3.12. The molecule has 5 heteroatoms. The van der Waals surface area contributed by atoms with Gasteiger partial charge < -0.3 is 0 Å². The van der Waals surface area contributed by atoms with Gasteiger partial charge >= 0.3 is 0 Å². The summed E-state index contributed by atoms with van der Waals surface area (Å²) in [5.41, 5.74) is 7.76. The summed E-state index contributed by atoms with van der Waals surface area (Å²) in [5, 5.41) is 11.2. The number of aryl methyl sites for hydroxylation is 1. The maximum Gasteiger partial charge on any atom is 0.289 e. The summed E-state index contributed by atoms with van der Waals surface area (Å²) in [7, 11) is 0. The van der Waals surface area contributed by atoms with Crippen molar-refractivity contribution in [1.29, 1.82) is 0 Å². The van der Waals surface area contributed by atoms with Gasteiger partial charge in [-0.15, -0.1) is 0 Å². The molecular weight excluding hydrogens is 360 g/mol. The lowest BCUT2D eigenvalue weighted by atomic mass is 10.0. The summed E-state index contributed by atoms with van der Waals surface area (Å²) in [6, 6.07) is 19.9. The third kappa shape index (κ3) is 5.88. The average molecular weight is 389 g/mol. The smallest absolute Gasteiger partial charge is 0.272 e. The molecule has 1 aromatic heterocycles. The summed E-state index contributed by atoms with van der Waals surface area (Å²) < 4.78 is 0. The second-order valence-corrected chi connectivity index (χ2v) is 7.18. The van der Waals surface area contributed by atoms with Gasteiger partial charge in [0.25, 0.3) is 5.91 Å². The molecule has 0 aliphatic carbocycles. The molecule has 2 N–H and O–H groups in total. The van der Waals surface area contributed by atoms with E-state index in [1.807, 2.05) is 37.3 Å². The van der Waals surface area contributed by atoms with E-state index in [4.69, 9.17) is 0 Å². The first-order valence-corrected chi connectivity index (χ1v) is 10.2. The monoisotopic (exact) mass is 388 g/mol. The summed E-state index contributed by atoms with van der Waals surface area (Å²) in [4.78, 5) is 12.4. The van der Waals surface area contributed by atoms with E-state index < -0.39 is 0 Å². The number of benzene rings is 2. The second kappa shape index (κ2) is 10.4. The predicted octanol–water partition coefficient (Wildman–Crippen LogP) is 5.35. The zero-order valence-electron chi connectivity index (χ0n) is 17.1. The van der Waals surface area contributed by atoms with E-state index in [0.29, 0.717) is 5.69 Å². The van der Waals surface area contributed by atoms with Crippen LogP contribution in [0.5, 0.6) is 0 Å². The van der Waals surface area contributed by atoms with Gasteiger partial charge in [-0.25, -0.2) is 5.43 Å². The molecule has 0 bridgehead atoms. The van der Waals surface area contributed by atoms with Crippen molar-refractivity contribution in [3.8, 4) is 11.3 Å². The van der Waals surface area contributed by atoms with E-state index in [1.54, 1.807) is 6.07 Å². The van der Waals surface area contributed by atoms with Gasteiger partial charge in [-0.1, -0.05) is 80.8 Å². The van der Waals surface area contributed by atoms with Crippen molar-refractivity contribution in [2.75, 3.05) is 0 Å². The van der Waals surface area contributed by atoms with E-state index in [0.717, 1.165) is 29.0 Å². The topological polar surface area (TPSA) is 70.1 Å². The summed E-state index contributed by atoms with van der Waals surface area (Å²) >= 11 is 0. The molecule has 150 valence electrons. The van der Waals surface area contributed by atoms with Crippen LogP contribution in [0, 0.1) is 0 Å². The minimum Gasteiger partial charge on any atom is -0.272 e. The van der Waals surface area contributed by atoms with Crippen molar-refractivity contribution in [3.05, 3.63) is 77.5 Å². The van der Waals surface area contributed by atoms with Gasteiger partial charge in [-0.3, -0.25) is 9.89 Å². The zero-order valence-corrected chi connectivity index (χ0v) is 17.1. The van der Waals surface area contributed by atoms with Crippen molar-refractivity contribution in [3.63, 3.8) is 0 Å². The maximum atomic E-state index is 12.4. The van der Waals surface area contributed by atoms with E-state index in [-0.39, 0.29) is 5.91 Å². The second-order valence-electron chi connectivity index (χ2n) is 7.18. The van der Waals surface area contributed by atoms with Crippen molar-refractivity contribution < 1.29 is 4.79 Å². The molecule has 0 aliphatic heterocycles. The largest absolute Gasteiger partial charge is 0.289 e. The number of H-pyrrole nitrogens is 1. The number of amides is 1. The van der Waals surface area contributed by atoms with Gasteiger partial charge in [0, 0.05) is 5.56 Å². The van der Waals surface area contributed by atoms with Crippen molar-refractivity contribution in [2.24, 2.45) is 5.10 Å². The molecule has 1 heterocycles.